The van der Waals surface area contributed by atoms with Crippen molar-refractivity contribution in [1.82, 2.24) is 0 Å². The Bertz CT molecular complexity index is 449. The van der Waals surface area contributed by atoms with Gasteiger partial charge in [0.1, 0.15) is 5.82 Å². The van der Waals surface area contributed by atoms with Crippen LogP contribution in [-0.4, -0.2) is 12.7 Å². The summed E-state index contributed by atoms with van der Waals surface area (Å²) in [5, 5.41) is 0.154. The first kappa shape index (κ1) is 15.6. The van der Waals surface area contributed by atoms with Crippen LogP contribution in [0, 0.1) is 11.7 Å². The second-order valence-corrected chi connectivity index (χ2v) is 6.69. The van der Waals surface area contributed by atoms with E-state index >= 15 is 0 Å². The van der Waals surface area contributed by atoms with Crippen LogP contribution in [0.25, 0.3) is 0 Å². The Hall–Kier alpha value is 0.170. The van der Waals surface area contributed by atoms with Crippen LogP contribution in [0.5, 0.6) is 0 Å². The third kappa shape index (κ3) is 3.84. The molecule has 19 heavy (non-hydrogen) atoms. The van der Waals surface area contributed by atoms with E-state index in [1.807, 2.05) is 6.92 Å². The Kier molecular flexibility index (Phi) is 5.53. The molecule has 106 valence electrons. The lowest BCUT2D eigenvalue weighted by molar-refractivity contribution is -0.0267. The first-order valence-electron chi connectivity index (χ1n) is 6.41. The summed E-state index contributed by atoms with van der Waals surface area (Å²) in [7, 11) is 0. The maximum Gasteiger partial charge on any atom is 0.129 e. The third-order valence-electron chi connectivity index (χ3n) is 3.51. The van der Waals surface area contributed by atoms with Crippen molar-refractivity contribution in [2.75, 3.05) is 6.61 Å². The van der Waals surface area contributed by atoms with E-state index in [0.717, 1.165) is 25.9 Å². The van der Waals surface area contributed by atoms with E-state index in [1.165, 1.54) is 6.07 Å². The molecule has 1 fully saturated rings. The zero-order valence-electron chi connectivity index (χ0n) is 10.6. The molecule has 1 aliphatic carbocycles. The van der Waals surface area contributed by atoms with Gasteiger partial charge in [-0.2, -0.15) is 0 Å². The molecular formula is C14H16BrCl2FO. The minimum Gasteiger partial charge on any atom is -0.378 e. The number of benzene rings is 1. The van der Waals surface area contributed by atoms with Gasteiger partial charge in [0, 0.05) is 16.6 Å². The predicted octanol–water partition coefficient (Wildman–Crippen LogP) is 5.73. The lowest BCUT2D eigenvalue weighted by Gasteiger charge is -2.36. The second kappa shape index (κ2) is 6.75. The van der Waals surface area contributed by atoms with Crippen LogP contribution >= 0.6 is 39.1 Å². The number of rotatable bonds is 5. The predicted molar refractivity (Wildman–Crippen MR) is 80.5 cm³/mol. The molecule has 0 spiro atoms. The van der Waals surface area contributed by atoms with Crippen LogP contribution < -0.4 is 0 Å². The van der Waals surface area contributed by atoms with Crippen molar-refractivity contribution in [2.45, 2.75) is 37.7 Å². The Labute approximate surface area is 131 Å². The minimum atomic E-state index is -0.335. The summed E-state index contributed by atoms with van der Waals surface area (Å²) in [5.74, 6) is 0.206. The van der Waals surface area contributed by atoms with Crippen LogP contribution in [0.4, 0.5) is 4.39 Å². The summed E-state index contributed by atoms with van der Waals surface area (Å²) in [4.78, 5) is 0. The summed E-state index contributed by atoms with van der Waals surface area (Å²) >= 11 is 15.5. The van der Waals surface area contributed by atoms with Gasteiger partial charge in [-0.1, -0.05) is 11.6 Å². The molecule has 0 amide bonds. The van der Waals surface area contributed by atoms with Gasteiger partial charge in [0.15, 0.2) is 0 Å². The minimum absolute atomic E-state index is 0.308. The van der Waals surface area contributed by atoms with Crippen LogP contribution in [0.1, 0.15) is 37.1 Å². The average molecular weight is 370 g/mol. The highest BCUT2D eigenvalue weighted by molar-refractivity contribution is 9.10. The molecule has 0 N–H and O–H groups in total. The van der Waals surface area contributed by atoms with Crippen molar-refractivity contribution >= 4 is 39.1 Å². The normalized spacial score (nSPS) is 24.1. The van der Waals surface area contributed by atoms with Crippen molar-refractivity contribution in [3.8, 4) is 0 Å². The number of ether oxygens (including phenoxy) is 1. The third-order valence-corrected chi connectivity index (χ3v) is 5.12. The fraction of sp³-hybridized carbons (Fsp3) is 0.571. The van der Waals surface area contributed by atoms with Gasteiger partial charge in [0.05, 0.1) is 16.5 Å². The molecule has 1 atom stereocenters. The van der Waals surface area contributed by atoms with Crippen LogP contribution in [0.3, 0.4) is 0 Å². The zero-order valence-corrected chi connectivity index (χ0v) is 13.7. The largest absolute Gasteiger partial charge is 0.378 e. The van der Waals surface area contributed by atoms with Gasteiger partial charge in [0.25, 0.3) is 0 Å². The van der Waals surface area contributed by atoms with E-state index in [9.17, 15) is 4.39 Å². The van der Waals surface area contributed by atoms with Gasteiger partial charge in [0.2, 0.25) is 0 Å². The van der Waals surface area contributed by atoms with Gasteiger partial charge in [-0.15, -0.1) is 11.6 Å². The van der Waals surface area contributed by atoms with Gasteiger partial charge >= 0.3 is 0 Å². The molecular weight excluding hydrogens is 354 g/mol. The maximum absolute atomic E-state index is 13.9. The molecule has 1 aromatic carbocycles. The first-order valence-corrected chi connectivity index (χ1v) is 8.02. The molecule has 0 aliphatic heterocycles. The maximum atomic E-state index is 13.9. The number of alkyl halides is 1. The lowest BCUT2D eigenvalue weighted by Crippen LogP contribution is -2.31. The Morgan fingerprint density at radius 1 is 1.47 bits per heavy atom. The quantitative estimate of drug-likeness (QED) is 0.475. The molecule has 0 heterocycles. The van der Waals surface area contributed by atoms with Crippen LogP contribution in [-0.2, 0) is 4.74 Å². The van der Waals surface area contributed by atoms with E-state index in [0.29, 0.717) is 27.1 Å². The zero-order chi connectivity index (χ0) is 14.0. The Morgan fingerprint density at radius 3 is 2.79 bits per heavy atom. The summed E-state index contributed by atoms with van der Waals surface area (Å²) in [6.07, 6.45) is 3.16. The number of halogens is 4. The Balaban J connectivity index is 1.94. The van der Waals surface area contributed by atoms with Crippen molar-refractivity contribution in [1.29, 1.82) is 0 Å². The number of hydrogen-bond acceptors (Lipinski definition) is 1. The molecule has 0 aromatic heterocycles. The molecule has 2 rings (SSSR count). The standard InChI is InChI=1S/C14H16BrCl2FO/c1-2-19-9-3-8(4-9)5-12(16)10-6-13(17)11(15)7-14(10)18/h6-9,12H,2-5H2,1H3. The molecule has 0 saturated heterocycles. The summed E-state index contributed by atoms with van der Waals surface area (Å²) in [5.41, 5.74) is 0.481. The van der Waals surface area contributed by atoms with E-state index in [2.05, 4.69) is 15.9 Å². The fourth-order valence-electron chi connectivity index (χ4n) is 2.44. The lowest BCUT2D eigenvalue weighted by atomic mass is 9.78. The molecule has 0 radical (unpaired) electrons. The van der Waals surface area contributed by atoms with Crippen molar-refractivity contribution < 1.29 is 9.13 Å². The van der Waals surface area contributed by atoms with Crippen LogP contribution in [0.15, 0.2) is 16.6 Å². The highest BCUT2D eigenvalue weighted by atomic mass is 79.9. The van der Waals surface area contributed by atoms with Gasteiger partial charge in [-0.3, -0.25) is 0 Å². The smallest absolute Gasteiger partial charge is 0.129 e. The fourth-order valence-corrected chi connectivity index (χ4v) is 3.34. The summed E-state index contributed by atoms with van der Waals surface area (Å²) < 4.78 is 19.9. The molecule has 1 aromatic rings. The van der Waals surface area contributed by atoms with Gasteiger partial charge < -0.3 is 4.74 Å². The Morgan fingerprint density at radius 2 is 2.16 bits per heavy atom. The number of hydrogen-bond donors (Lipinski definition) is 0. The van der Waals surface area contributed by atoms with Crippen molar-refractivity contribution in [2.24, 2.45) is 5.92 Å². The van der Waals surface area contributed by atoms with Crippen molar-refractivity contribution in [3.63, 3.8) is 0 Å². The monoisotopic (exact) mass is 368 g/mol. The summed E-state index contributed by atoms with van der Waals surface area (Å²) in [6.45, 7) is 2.75. The summed E-state index contributed by atoms with van der Waals surface area (Å²) in [6, 6.07) is 2.98. The molecule has 1 unspecified atom stereocenters. The second-order valence-electron chi connectivity index (χ2n) is 4.91. The van der Waals surface area contributed by atoms with Crippen LogP contribution in [0.2, 0.25) is 5.02 Å². The molecule has 1 saturated carbocycles. The molecule has 5 heteroatoms. The van der Waals surface area contributed by atoms with E-state index in [4.69, 9.17) is 27.9 Å². The van der Waals surface area contributed by atoms with E-state index in [1.54, 1.807) is 6.07 Å². The highest BCUT2D eigenvalue weighted by Crippen LogP contribution is 2.41. The first-order chi connectivity index (χ1) is 9.01. The SMILES string of the molecule is CCOC1CC(CC(Cl)c2cc(Cl)c(Br)cc2F)C1. The molecule has 1 aliphatic rings. The highest BCUT2D eigenvalue weighted by Gasteiger charge is 2.32. The van der Waals surface area contributed by atoms with E-state index in [-0.39, 0.29) is 11.2 Å². The molecule has 1 nitrogen and oxygen atoms in total. The van der Waals surface area contributed by atoms with Gasteiger partial charge in [-0.05, 0) is 60.2 Å². The van der Waals surface area contributed by atoms with Crippen molar-refractivity contribution in [3.05, 3.63) is 33.0 Å². The average Bonchev–Trinajstić information content (AvgIpc) is 2.31. The van der Waals surface area contributed by atoms with Gasteiger partial charge in [-0.25, -0.2) is 4.39 Å². The topological polar surface area (TPSA) is 9.23 Å². The molecule has 0 bridgehead atoms. The van der Waals surface area contributed by atoms with E-state index < -0.39 is 0 Å².